The number of ketones is 1. The maximum absolute atomic E-state index is 11.6. The van der Waals surface area contributed by atoms with Gasteiger partial charge in [0.2, 0.25) is 5.91 Å². The Labute approximate surface area is 143 Å². The van der Waals surface area contributed by atoms with Crippen LogP contribution in [-0.4, -0.2) is 24.2 Å². The normalized spacial score (nSPS) is 11.4. The molecule has 124 valence electrons. The molecule has 0 rings (SSSR count). The molecule has 0 aliphatic rings. The second kappa shape index (κ2) is 12.7. The van der Waals surface area contributed by atoms with Gasteiger partial charge < -0.3 is 5.32 Å². The summed E-state index contributed by atoms with van der Waals surface area (Å²) in [5, 5.41) is 2.67. The first kappa shape index (κ1) is 21.2. The van der Waals surface area contributed by atoms with Crippen molar-refractivity contribution in [2.45, 2.75) is 70.8 Å². The third-order valence-corrected chi connectivity index (χ3v) is 5.78. The highest BCUT2D eigenvalue weighted by atomic mass is 35.8. The molecule has 0 radical (unpaired) electrons. The van der Waals surface area contributed by atoms with E-state index in [0.29, 0.717) is 25.3 Å². The van der Waals surface area contributed by atoms with Crippen molar-refractivity contribution in [1.82, 2.24) is 5.32 Å². The molecule has 0 aromatic carbocycles. The van der Waals surface area contributed by atoms with Gasteiger partial charge in [-0.25, -0.2) is 0 Å². The average molecular weight is 375 g/mol. The Bertz CT molecular complexity index is 309. The topological polar surface area (TPSA) is 46.2 Å². The Morgan fingerprint density at radius 2 is 1.52 bits per heavy atom. The molecule has 7 heteroatoms. The van der Waals surface area contributed by atoms with Gasteiger partial charge in [0.1, 0.15) is 0 Å². The molecule has 0 unspecified atom stereocenters. The summed E-state index contributed by atoms with van der Waals surface area (Å²) >= 11 is 17.3. The fourth-order valence-corrected chi connectivity index (χ4v) is 3.76. The minimum absolute atomic E-state index is 0.0338. The SMILES string of the molecule is CCCCCCCC(=O)NCC(=O)CCCC[Si](Cl)(Cl)Cl. The Kier molecular flexibility index (Phi) is 12.9. The van der Waals surface area contributed by atoms with E-state index in [1.54, 1.807) is 0 Å². The first-order valence-electron chi connectivity index (χ1n) is 7.70. The van der Waals surface area contributed by atoms with E-state index in [9.17, 15) is 9.59 Å². The molecule has 1 N–H and O–H groups in total. The van der Waals surface area contributed by atoms with E-state index in [4.69, 9.17) is 33.2 Å². The van der Waals surface area contributed by atoms with Crippen LogP contribution in [0.5, 0.6) is 0 Å². The molecule has 0 aliphatic heterocycles. The van der Waals surface area contributed by atoms with Crippen molar-refractivity contribution in [2.75, 3.05) is 6.54 Å². The number of carbonyl (C=O) groups is 2. The zero-order valence-electron chi connectivity index (χ0n) is 12.7. The van der Waals surface area contributed by atoms with Crippen molar-refractivity contribution in [2.24, 2.45) is 0 Å². The largest absolute Gasteiger partial charge is 0.349 e. The standard InChI is InChI=1S/C14H26Cl3NO2Si/c1-2-3-4-5-6-10-14(20)18-12-13(19)9-7-8-11-21(15,16)17/h2-12H2,1H3,(H,18,20). The fourth-order valence-electron chi connectivity index (χ4n) is 1.91. The summed E-state index contributed by atoms with van der Waals surface area (Å²) in [6, 6.07) is -1.98. The Hall–Kier alpha value is 0.227. The molecule has 0 aromatic rings. The third kappa shape index (κ3) is 16.4. The molecule has 0 fully saturated rings. The quantitative estimate of drug-likeness (QED) is 0.284. The highest BCUT2D eigenvalue weighted by Crippen LogP contribution is 2.27. The Morgan fingerprint density at radius 1 is 0.905 bits per heavy atom. The zero-order chi connectivity index (χ0) is 16.1. The summed E-state index contributed by atoms with van der Waals surface area (Å²) in [5.41, 5.74) is 0. The van der Waals surface area contributed by atoms with Gasteiger partial charge in [0.05, 0.1) is 6.54 Å². The highest BCUT2D eigenvalue weighted by Gasteiger charge is 2.23. The monoisotopic (exact) mass is 373 g/mol. The number of carbonyl (C=O) groups excluding carboxylic acids is 2. The first-order chi connectivity index (χ1) is 9.85. The van der Waals surface area contributed by atoms with Gasteiger partial charge in [-0.2, -0.15) is 0 Å². The predicted octanol–water partition coefficient (Wildman–Crippen LogP) is 4.86. The molecule has 0 heterocycles. The van der Waals surface area contributed by atoms with Gasteiger partial charge in [-0.3, -0.25) is 9.59 Å². The number of halogens is 3. The predicted molar refractivity (Wildman–Crippen MR) is 93.4 cm³/mol. The molecule has 0 saturated heterocycles. The fraction of sp³-hybridized carbons (Fsp3) is 0.857. The van der Waals surface area contributed by atoms with Crippen molar-refractivity contribution in [3.8, 4) is 0 Å². The molecule has 0 bridgehead atoms. The van der Waals surface area contributed by atoms with Crippen molar-refractivity contribution in [3.63, 3.8) is 0 Å². The van der Waals surface area contributed by atoms with E-state index in [1.165, 1.54) is 19.3 Å². The summed E-state index contributed by atoms with van der Waals surface area (Å²) < 4.78 is 0. The third-order valence-electron chi connectivity index (χ3n) is 3.16. The zero-order valence-corrected chi connectivity index (χ0v) is 16.0. The van der Waals surface area contributed by atoms with Gasteiger partial charge >= 0.3 is 6.00 Å². The van der Waals surface area contributed by atoms with Crippen LogP contribution in [0.3, 0.4) is 0 Å². The van der Waals surface area contributed by atoms with E-state index in [-0.39, 0.29) is 18.2 Å². The average Bonchev–Trinajstić information content (AvgIpc) is 2.40. The van der Waals surface area contributed by atoms with E-state index >= 15 is 0 Å². The minimum Gasteiger partial charge on any atom is -0.349 e. The van der Waals surface area contributed by atoms with Crippen LogP contribution < -0.4 is 5.32 Å². The van der Waals surface area contributed by atoms with Gasteiger partial charge in [0.25, 0.3) is 0 Å². The van der Waals surface area contributed by atoms with Crippen LogP contribution in [-0.2, 0) is 9.59 Å². The highest BCUT2D eigenvalue weighted by molar-refractivity contribution is 7.64. The molecule has 0 spiro atoms. The Balaban J connectivity index is 3.49. The van der Waals surface area contributed by atoms with Crippen LogP contribution >= 0.6 is 33.2 Å². The molecule has 0 aliphatic carbocycles. The first-order valence-corrected chi connectivity index (χ1v) is 12.9. The summed E-state index contributed by atoms with van der Waals surface area (Å²) in [4.78, 5) is 23.1. The van der Waals surface area contributed by atoms with Gasteiger partial charge in [-0.1, -0.05) is 39.0 Å². The van der Waals surface area contributed by atoms with Crippen molar-refractivity contribution in [3.05, 3.63) is 0 Å². The summed E-state index contributed by atoms with van der Waals surface area (Å²) in [6.07, 6.45) is 7.98. The number of rotatable bonds is 13. The van der Waals surface area contributed by atoms with E-state index in [0.717, 1.165) is 19.3 Å². The summed E-state index contributed by atoms with van der Waals surface area (Å²) in [5.74, 6) is 0.00821. The van der Waals surface area contributed by atoms with Crippen molar-refractivity contribution in [1.29, 1.82) is 0 Å². The number of amides is 1. The molecule has 0 saturated carbocycles. The Morgan fingerprint density at radius 3 is 2.14 bits per heavy atom. The number of Topliss-reactive ketones (excluding diaryl/α,β-unsaturated/α-hetero) is 1. The smallest absolute Gasteiger partial charge is 0.341 e. The van der Waals surface area contributed by atoms with Crippen molar-refractivity contribution < 1.29 is 9.59 Å². The van der Waals surface area contributed by atoms with Gasteiger partial charge in [-0.05, 0) is 18.9 Å². The minimum atomic E-state index is -2.55. The molecule has 1 amide bonds. The summed E-state index contributed by atoms with van der Waals surface area (Å²) in [7, 11) is 0. The number of nitrogens with one attached hydrogen (secondary N) is 1. The van der Waals surface area contributed by atoms with Crippen LogP contribution in [0.1, 0.15) is 64.7 Å². The molecular formula is C14H26Cl3NO2Si. The van der Waals surface area contributed by atoms with Crippen molar-refractivity contribution >= 4 is 50.9 Å². The van der Waals surface area contributed by atoms with Gasteiger partial charge in [-0.15, -0.1) is 33.2 Å². The van der Waals surface area contributed by atoms with Crippen LogP contribution in [0, 0.1) is 0 Å². The van der Waals surface area contributed by atoms with E-state index in [1.807, 2.05) is 0 Å². The van der Waals surface area contributed by atoms with Gasteiger partial charge in [0, 0.05) is 12.8 Å². The van der Waals surface area contributed by atoms with Crippen LogP contribution in [0.25, 0.3) is 0 Å². The lowest BCUT2D eigenvalue weighted by atomic mass is 10.1. The number of hydrogen-bond acceptors (Lipinski definition) is 2. The van der Waals surface area contributed by atoms with Crippen LogP contribution in [0.2, 0.25) is 6.04 Å². The van der Waals surface area contributed by atoms with E-state index in [2.05, 4.69) is 12.2 Å². The lowest BCUT2D eigenvalue weighted by Gasteiger charge is -2.07. The second-order valence-corrected chi connectivity index (χ2v) is 14.6. The molecule has 3 nitrogen and oxygen atoms in total. The maximum atomic E-state index is 11.6. The lowest BCUT2D eigenvalue weighted by molar-refractivity contribution is -0.125. The molecule has 21 heavy (non-hydrogen) atoms. The van der Waals surface area contributed by atoms with Crippen LogP contribution in [0.15, 0.2) is 0 Å². The molecular weight excluding hydrogens is 349 g/mol. The maximum Gasteiger partial charge on any atom is 0.341 e. The van der Waals surface area contributed by atoms with Crippen LogP contribution in [0.4, 0.5) is 0 Å². The molecule has 0 aromatic heterocycles. The lowest BCUT2D eigenvalue weighted by Crippen LogP contribution is -2.29. The van der Waals surface area contributed by atoms with E-state index < -0.39 is 6.00 Å². The number of hydrogen-bond donors (Lipinski definition) is 1. The van der Waals surface area contributed by atoms with Gasteiger partial charge in [0.15, 0.2) is 5.78 Å². The summed E-state index contributed by atoms with van der Waals surface area (Å²) in [6.45, 7) is 2.28. The molecule has 0 atom stereocenters. The number of unbranched alkanes of at least 4 members (excludes halogenated alkanes) is 5. The second-order valence-electron chi connectivity index (χ2n) is 5.30.